The molecule has 24 heavy (non-hydrogen) atoms. The predicted octanol–water partition coefficient (Wildman–Crippen LogP) is 2.91. The van der Waals surface area contributed by atoms with Crippen LogP contribution in [0.2, 0.25) is 0 Å². The van der Waals surface area contributed by atoms with Crippen molar-refractivity contribution in [3.8, 4) is 0 Å². The van der Waals surface area contributed by atoms with Gasteiger partial charge in [0.1, 0.15) is 5.69 Å². The van der Waals surface area contributed by atoms with Crippen LogP contribution in [0.4, 0.5) is 11.4 Å². The number of carbonyl (C=O) groups is 2. The Hall–Kier alpha value is -3.22. The van der Waals surface area contributed by atoms with Gasteiger partial charge in [-0.05, 0) is 26.0 Å². The van der Waals surface area contributed by atoms with Crippen molar-refractivity contribution in [2.75, 3.05) is 5.73 Å². The number of esters is 1. The van der Waals surface area contributed by atoms with Crippen LogP contribution in [0.25, 0.3) is 0 Å². The van der Waals surface area contributed by atoms with Crippen molar-refractivity contribution in [3.63, 3.8) is 0 Å². The molecule has 0 unspecified atom stereocenters. The average Bonchev–Trinajstić information content (AvgIpc) is 2.54. The van der Waals surface area contributed by atoms with Crippen molar-refractivity contribution < 1.29 is 19.2 Å². The van der Waals surface area contributed by atoms with Gasteiger partial charge in [0.25, 0.3) is 5.69 Å². The van der Waals surface area contributed by atoms with E-state index in [9.17, 15) is 19.7 Å². The normalized spacial score (nSPS) is 11.6. The van der Waals surface area contributed by atoms with Gasteiger partial charge in [0.2, 0.25) is 5.78 Å². The first-order valence-electron chi connectivity index (χ1n) is 7.15. The van der Waals surface area contributed by atoms with E-state index in [-0.39, 0.29) is 22.7 Å². The van der Waals surface area contributed by atoms with Crippen LogP contribution in [0.5, 0.6) is 0 Å². The van der Waals surface area contributed by atoms with Crippen LogP contribution >= 0.6 is 0 Å². The molecular formula is C17H16N2O5. The second kappa shape index (κ2) is 6.91. The lowest BCUT2D eigenvalue weighted by molar-refractivity contribution is -0.383. The summed E-state index contributed by atoms with van der Waals surface area (Å²) in [5.74, 6) is -1.18. The molecule has 0 aliphatic heterocycles. The number of nitro groups is 1. The summed E-state index contributed by atoms with van der Waals surface area (Å²) < 4.78 is 5.11. The monoisotopic (exact) mass is 328 g/mol. The summed E-state index contributed by atoms with van der Waals surface area (Å²) in [6.07, 6.45) is -1.02. The Morgan fingerprint density at radius 2 is 1.71 bits per heavy atom. The van der Waals surface area contributed by atoms with Crippen LogP contribution in [-0.4, -0.2) is 22.8 Å². The van der Waals surface area contributed by atoms with Crippen molar-refractivity contribution >= 4 is 23.1 Å². The van der Waals surface area contributed by atoms with Crippen molar-refractivity contribution in [2.45, 2.75) is 20.0 Å². The molecule has 2 aromatic carbocycles. The zero-order valence-corrected chi connectivity index (χ0v) is 13.2. The minimum atomic E-state index is -1.02. The van der Waals surface area contributed by atoms with E-state index in [1.165, 1.54) is 19.1 Å². The SMILES string of the molecule is Cc1ccc(C(=O)[C@H](C)OC(=O)c2ccc(N)c([N+](=O)[O-])c2)cc1. The summed E-state index contributed by atoms with van der Waals surface area (Å²) in [6.45, 7) is 3.34. The second-order valence-electron chi connectivity index (χ2n) is 5.31. The van der Waals surface area contributed by atoms with Crippen LogP contribution in [0.1, 0.15) is 33.2 Å². The number of nitro benzene ring substituents is 1. The number of ether oxygens (including phenoxy) is 1. The van der Waals surface area contributed by atoms with Crippen LogP contribution in [0.3, 0.4) is 0 Å². The fourth-order valence-corrected chi connectivity index (χ4v) is 2.06. The maximum atomic E-state index is 12.2. The number of benzene rings is 2. The molecule has 2 N–H and O–H groups in total. The van der Waals surface area contributed by atoms with Crippen molar-refractivity contribution in [1.29, 1.82) is 0 Å². The fraction of sp³-hybridized carbons (Fsp3) is 0.176. The van der Waals surface area contributed by atoms with Gasteiger partial charge >= 0.3 is 5.97 Å². The fourth-order valence-electron chi connectivity index (χ4n) is 2.06. The number of nitrogens with two attached hydrogens (primary N) is 1. The minimum absolute atomic E-state index is 0.0422. The predicted molar refractivity (Wildman–Crippen MR) is 87.9 cm³/mol. The number of nitrogen functional groups attached to an aromatic ring is 1. The molecule has 0 aliphatic carbocycles. The number of hydrogen-bond acceptors (Lipinski definition) is 6. The Morgan fingerprint density at radius 3 is 2.29 bits per heavy atom. The van der Waals surface area contributed by atoms with E-state index >= 15 is 0 Å². The summed E-state index contributed by atoms with van der Waals surface area (Å²) in [5, 5.41) is 10.9. The molecule has 1 atom stereocenters. The molecule has 124 valence electrons. The third-order valence-electron chi connectivity index (χ3n) is 3.45. The second-order valence-corrected chi connectivity index (χ2v) is 5.31. The molecule has 7 nitrogen and oxygen atoms in total. The van der Waals surface area contributed by atoms with Crippen LogP contribution in [-0.2, 0) is 4.74 Å². The van der Waals surface area contributed by atoms with E-state index in [2.05, 4.69) is 0 Å². The maximum Gasteiger partial charge on any atom is 0.339 e. The molecule has 2 rings (SSSR count). The highest BCUT2D eigenvalue weighted by Gasteiger charge is 2.22. The smallest absolute Gasteiger partial charge is 0.339 e. The van der Waals surface area contributed by atoms with Crippen LogP contribution in [0, 0.1) is 17.0 Å². The molecule has 0 saturated heterocycles. The first-order valence-corrected chi connectivity index (χ1v) is 7.15. The standard InChI is InChI=1S/C17H16N2O5/c1-10-3-5-12(6-4-10)16(20)11(2)24-17(21)13-7-8-14(18)15(9-13)19(22)23/h3-9,11H,18H2,1-2H3/t11-/m0/s1. The van der Waals surface area contributed by atoms with E-state index in [0.717, 1.165) is 11.6 Å². The van der Waals surface area contributed by atoms with Crippen LogP contribution < -0.4 is 5.73 Å². The topological polar surface area (TPSA) is 113 Å². The largest absolute Gasteiger partial charge is 0.451 e. The van der Waals surface area contributed by atoms with Gasteiger partial charge in [0.15, 0.2) is 6.10 Å². The lowest BCUT2D eigenvalue weighted by Crippen LogP contribution is -2.24. The molecule has 0 amide bonds. The number of nitrogens with zero attached hydrogens (tertiary/aromatic N) is 1. The lowest BCUT2D eigenvalue weighted by Gasteiger charge is -2.12. The van der Waals surface area contributed by atoms with E-state index < -0.39 is 17.0 Å². The first-order chi connectivity index (χ1) is 11.3. The van der Waals surface area contributed by atoms with Gasteiger partial charge < -0.3 is 10.5 Å². The van der Waals surface area contributed by atoms with Crippen LogP contribution in [0.15, 0.2) is 42.5 Å². The molecule has 0 aliphatic rings. The summed E-state index contributed by atoms with van der Waals surface area (Å²) >= 11 is 0. The molecule has 0 aromatic heterocycles. The van der Waals surface area contributed by atoms with Gasteiger partial charge in [-0.25, -0.2) is 4.79 Å². The third kappa shape index (κ3) is 3.75. The average molecular weight is 328 g/mol. The van der Waals surface area contributed by atoms with Gasteiger partial charge in [-0.2, -0.15) is 0 Å². The summed E-state index contributed by atoms with van der Waals surface area (Å²) in [5.41, 5.74) is 6.42. The molecule has 7 heteroatoms. The van der Waals surface area contributed by atoms with E-state index in [1.54, 1.807) is 24.3 Å². The van der Waals surface area contributed by atoms with E-state index in [1.807, 2.05) is 6.92 Å². The molecule has 0 bridgehead atoms. The molecule has 0 heterocycles. The summed E-state index contributed by atoms with van der Waals surface area (Å²) in [6, 6.07) is 10.5. The molecule has 2 aromatic rings. The Labute approximate surface area is 138 Å². The zero-order valence-electron chi connectivity index (χ0n) is 13.2. The number of hydrogen-bond donors (Lipinski definition) is 1. The first kappa shape index (κ1) is 17.1. The number of carbonyl (C=O) groups excluding carboxylic acids is 2. The van der Waals surface area contributed by atoms with E-state index in [0.29, 0.717) is 5.56 Å². The maximum absolute atomic E-state index is 12.2. The van der Waals surface area contributed by atoms with Gasteiger partial charge in [0, 0.05) is 11.6 Å². The Kier molecular flexibility index (Phi) is 4.93. The van der Waals surface area contributed by atoms with Gasteiger partial charge in [-0.1, -0.05) is 29.8 Å². The van der Waals surface area contributed by atoms with E-state index in [4.69, 9.17) is 10.5 Å². The van der Waals surface area contributed by atoms with Crippen molar-refractivity contribution in [2.24, 2.45) is 0 Å². The summed E-state index contributed by atoms with van der Waals surface area (Å²) in [7, 11) is 0. The van der Waals surface area contributed by atoms with Crippen molar-refractivity contribution in [1.82, 2.24) is 0 Å². The van der Waals surface area contributed by atoms with Gasteiger partial charge in [0.05, 0.1) is 10.5 Å². The molecule has 0 saturated carbocycles. The molecule has 0 fully saturated rings. The quantitative estimate of drug-likeness (QED) is 0.297. The number of rotatable bonds is 5. The zero-order chi connectivity index (χ0) is 17.9. The molecule has 0 spiro atoms. The number of Topliss-reactive ketones (excluding diaryl/α,β-unsaturated/α-hetero) is 1. The Morgan fingerprint density at radius 1 is 1.12 bits per heavy atom. The lowest BCUT2D eigenvalue weighted by atomic mass is 10.1. The van der Waals surface area contributed by atoms with Gasteiger partial charge in [-0.3, -0.25) is 14.9 Å². The molecular weight excluding hydrogens is 312 g/mol. The minimum Gasteiger partial charge on any atom is -0.451 e. The third-order valence-corrected chi connectivity index (χ3v) is 3.45. The summed E-state index contributed by atoms with van der Waals surface area (Å²) in [4.78, 5) is 34.5. The number of ketones is 1. The number of aryl methyl sites for hydroxylation is 1. The highest BCUT2D eigenvalue weighted by Crippen LogP contribution is 2.23. The number of anilines is 1. The molecule has 0 radical (unpaired) electrons. The Bertz CT molecular complexity index is 799. The highest BCUT2D eigenvalue weighted by atomic mass is 16.6. The Balaban J connectivity index is 2.14. The van der Waals surface area contributed by atoms with Gasteiger partial charge in [-0.15, -0.1) is 0 Å². The highest BCUT2D eigenvalue weighted by molar-refractivity contribution is 6.01. The van der Waals surface area contributed by atoms with Crippen molar-refractivity contribution in [3.05, 3.63) is 69.3 Å².